The molecule has 31 heavy (non-hydrogen) atoms. The third kappa shape index (κ3) is 4.82. The normalized spacial score (nSPS) is 15.4. The quantitative estimate of drug-likeness (QED) is 0.586. The number of rotatable bonds is 6. The van der Waals surface area contributed by atoms with Crippen molar-refractivity contribution in [2.24, 2.45) is 0 Å². The summed E-state index contributed by atoms with van der Waals surface area (Å²) in [6.45, 7) is 6.03. The summed E-state index contributed by atoms with van der Waals surface area (Å²) in [5.41, 5.74) is 2.99. The Hall–Kier alpha value is -2.26. The van der Waals surface area contributed by atoms with E-state index in [1.54, 1.807) is 25.1 Å². The highest BCUT2D eigenvalue weighted by atomic mass is 35.5. The van der Waals surface area contributed by atoms with Crippen molar-refractivity contribution in [2.75, 3.05) is 31.9 Å². The number of piperazine rings is 1. The highest BCUT2D eigenvalue weighted by Crippen LogP contribution is 2.27. The molecule has 1 aromatic heterocycles. The molecule has 7 nitrogen and oxygen atoms in total. The second-order valence-corrected chi connectivity index (χ2v) is 10.4. The van der Waals surface area contributed by atoms with Crippen molar-refractivity contribution < 1.29 is 8.42 Å². The van der Waals surface area contributed by atoms with Gasteiger partial charge in [0, 0.05) is 37.7 Å². The summed E-state index contributed by atoms with van der Waals surface area (Å²) in [5, 5.41) is 4.32. The average molecular weight is 461 g/mol. The van der Waals surface area contributed by atoms with Crippen LogP contribution < -0.4 is 10.9 Å². The fraction of sp³-hybridized carbons (Fsp3) is 0.364. The molecule has 0 bridgehead atoms. The number of H-pyrrole nitrogens is 1. The highest BCUT2D eigenvalue weighted by Gasteiger charge is 2.20. The van der Waals surface area contributed by atoms with Gasteiger partial charge >= 0.3 is 0 Å². The Morgan fingerprint density at radius 3 is 2.61 bits per heavy atom. The van der Waals surface area contributed by atoms with Crippen molar-refractivity contribution in [1.82, 2.24) is 20.2 Å². The smallest absolute Gasteiger partial charge is 0.258 e. The summed E-state index contributed by atoms with van der Waals surface area (Å²) < 4.78 is 25.3. The predicted molar refractivity (Wildman–Crippen MR) is 122 cm³/mol. The monoisotopic (exact) mass is 460 g/mol. The number of nitrogens with one attached hydrogen (secondary N) is 2. The zero-order chi connectivity index (χ0) is 22.0. The number of aromatic amines is 1. The van der Waals surface area contributed by atoms with E-state index in [9.17, 15) is 13.2 Å². The van der Waals surface area contributed by atoms with Crippen LogP contribution in [-0.2, 0) is 22.8 Å². The molecule has 3 aromatic rings. The number of aromatic nitrogens is 2. The van der Waals surface area contributed by atoms with Crippen molar-refractivity contribution in [3.63, 3.8) is 0 Å². The number of nitrogens with zero attached hydrogens (tertiary/aromatic N) is 2. The number of hydrogen-bond acceptors (Lipinski definition) is 6. The molecule has 4 rings (SSSR count). The molecule has 0 aliphatic carbocycles. The molecular weight excluding hydrogens is 436 g/mol. The standard InChI is InChI=1S/C22H25ClN4O3S/c1-2-31(29,30)21-4-3-18(23)10-16(21)9-15-11-19-20(25-14-26-22(19)28)12-17(15)13-27-7-5-24-6-8-27/h3-4,10-12,14,24H,2,5-9,13H2,1H3,(H,25,26,28). The Labute approximate surface area is 186 Å². The van der Waals surface area contributed by atoms with Gasteiger partial charge in [-0.1, -0.05) is 18.5 Å². The van der Waals surface area contributed by atoms with E-state index >= 15 is 0 Å². The average Bonchev–Trinajstić information content (AvgIpc) is 2.75. The molecule has 0 spiro atoms. The summed E-state index contributed by atoms with van der Waals surface area (Å²) in [7, 11) is -3.41. The fourth-order valence-electron chi connectivity index (χ4n) is 3.98. The van der Waals surface area contributed by atoms with Gasteiger partial charge in [0.2, 0.25) is 0 Å². The maximum Gasteiger partial charge on any atom is 0.258 e. The first kappa shape index (κ1) is 22.0. The SMILES string of the molecule is CCS(=O)(=O)c1ccc(Cl)cc1Cc1cc2c(=O)[nH]cnc2cc1CN1CCNCC1. The fourth-order valence-corrected chi connectivity index (χ4v) is 5.29. The molecule has 1 saturated heterocycles. The first-order valence-corrected chi connectivity index (χ1v) is 12.3. The van der Waals surface area contributed by atoms with E-state index in [0.717, 1.165) is 37.3 Å². The van der Waals surface area contributed by atoms with Crippen LogP contribution >= 0.6 is 11.6 Å². The van der Waals surface area contributed by atoms with E-state index in [-0.39, 0.29) is 16.2 Å². The summed E-state index contributed by atoms with van der Waals surface area (Å²) in [4.78, 5) is 22.0. The van der Waals surface area contributed by atoms with Crippen molar-refractivity contribution in [3.05, 3.63) is 68.7 Å². The number of fused-ring (bicyclic) bond motifs is 1. The Bertz CT molecular complexity index is 1270. The van der Waals surface area contributed by atoms with Crippen LogP contribution in [-0.4, -0.2) is 55.2 Å². The maximum absolute atomic E-state index is 12.7. The molecule has 2 aromatic carbocycles. The third-order valence-corrected chi connectivity index (χ3v) is 7.75. The molecule has 164 valence electrons. The van der Waals surface area contributed by atoms with Gasteiger partial charge in [0.1, 0.15) is 0 Å². The first-order valence-electron chi connectivity index (χ1n) is 10.3. The first-order chi connectivity index (χ1) is 14.9. The Balaban J connectivity index is 1.82. The molecule has 1 aliphatic rings. The zero-order valence-electron chi connectivity index (χ0n) is 17.3. The summed E-state index contributed by atoms with van der Waals surface area (Å²) >= 11 is 6.22. The van der Waals surface area contributed by atoms with Crippen LogP contribution in [0.2, 0.25) is 5.02 Å². The van der Waals surface area contributed by atoms with E-state index in [1.807, 2.05) is 12.1 Å². The highest BCUT2D eigenvalue weighted by molar-refractivity contribution is 7.91. The van der Waals surface area contributed by atoms with E-state index in [1.165, 1.54) is 6.33 Å². The van der Waals surface area contributed by atoms with Crippen LogP contribution in [0.5, 0.6) is 0 Å². The second-order valence-electron chi connectivity index (χ2n) is 7.73. The van der Waals surface area contributed by atoms with Crippen LogP contribution in [0.25, 0.3) is 10.9 Å². The molecule has 0 radical (unpaired) electrons. The van der Waals surface area contributed by atoms with E-state index in [0.29, 0.717) is 34.5 Å². The molecule has 9 heteroatoms. The molecule has 0 unspecified atom stereocenters. The predicted octanol–water partition coefficient (Wildman–Crippen LogP) is 2.37. The lowest BCUT2D eigenvalue weighted by Gasteiger charge is -2.28. The third-order valence-electron chi connectivity index (χ3n) is 5.68. The van der Waals surface area contributed by atoms with Crippen molar-refractivity contribution in [3.8, 4) is 0 Å². The van der Waals surface area contributed by atoms with Gasteiger partial charge in [0.25, 0.3) is 5.56 Å². The largest absolute Gasteiger partial charge is 0.314 e. The Morgan fingerprint density at radius 1 is 1.10 bits per heavy atom. The van der Waals surface area contributed by atoms with E-state index in [2.05, 4.69) is 20.2 Å². The van der Waals surface area contributed by atoms with Gasteiger partial charge in [-0.3, -0.25) is 9.69 Å². The van der Waals surface area contributed by atoms with Gasteiger partial charge in [0.15, 0.2) is 9.84 Å². The van der Waals surface area contributed by atoms with Crippen molar-refractivity contribution in [2.45, 2.75) is 24.8 Å². The zero-order valence-corrected chi connectivity index (χ0v) is 18.9. The lowest BCUT2D eigenvalue weighted by molar-refractivity contribution is 0.233. The van der Waals surface area contributed by atoms with Crippen molar-refractivity contribution >= 4 is 32.3 Å². The Kier molecular flexibility index (Phi) is 6.43. The maximum atomic E-state index is 12.7. The number of halogens is 1. The van der Waals surface area contributed by atoms with E-state index < -0.39 is 9.84 Å². The van der Waals surface area contributed by atoms with Crippen LogP contribution in [0.4, 0.5) is 0 Å². The Morgan fingerprint density at radius 2 is 1.87 bits per heavy atom. The van der Waals surface area contributed by atoms with Crippen LogP contribution in [0.1, 0.15) is 23.6 Å². The molecular formula is C22H25ClN4O3S. The molecule has 0 saturated carbocycles. The number of hydrogen-bond donors (Lipinski definition) is 2. The molecule has 0 atom stereocenters. The van der Waals surface area contributed by atoms with Crippen LogP contribution in [0.3, 0.4) is 0 Å². The molecule has 0 amide bonds. The summed E-state index contributed by atoms with van der Waals surface area (Å²) in [5.74, 6) is 0.0105. The van der Waals surface area contributed by atoms with Gasteiger partial charge in [-0.15, -0.1) is 0 Å². The molecule has 1 aliphatic heterocycles. The minimum absolute atomic E-state index is 0.0105. The summed E-state index contributed by atoms with van der Waals surface area (Å²) in [6, 6.07) is 8.66. The van der Waals surface area contributed by atoms with Crippen molar-refractivity contribution in [1.29, 1.82) is 0 Å². The van der Waals surface area contributed by atoms with Crippen LogP contribution in [0.15, 0.2) is 46.3 Å². The second kappa shape index (κ2) is 9.08. The minimum atomic E-state index is -3.41. The molecule has 2 heterocycles. The molecule has 1 fully saturated rings. The number of benzene rings is 2. The van der Waals surface area contributed by atoms with Crippen LogP contribution in [0, 0.1) is 0 Å². The lowest BCUT2D eigenvalue weighted by Crippen LogP contribution is -2.43. The minimum Gasteiger partial charge on any atom is -0.314 e. The molecule has 2 N–H and O–H groups in total. The van der Waals surface area contributed by atoms with Gasteiger partial charge in [-0.05, 0) is 53.4 Å². The van der Waals surface area contributed by atoms with E-state index in [4.69, 9.17) is 11.6 Å². The van der Waals surface area contributed by atoms with Gasteiger partial charge in [0.05, 0.1) is 27.9 Å². The van der Waals surface area contributed by atoms with Gasteiger partial charge < -0.3 is 10.3 Å². The van der Waals surface area contributed by atoms with Gasteiger partial charge in [-0.25, -0.2) is 13.4 Å². The topological polar surface area (TPSA) is 95.2 Å². The summed E-state index contributed by atoms with van der Waals surface area (Å²) in [6.07, 6.45) is 1.77. The number of sulfone groups is 1. The lowest BCUT2D eigenvalue weighted by atomic mass is 9.97. The van der Waals surface area contributed by atoms with Gasteiger partial charge in [-0.2, -0.15) is 0 Å².